The van der Waals surface area contributed by atoms with Crippen molar-refractivity contribution in [2.24, 2.45) is 0 Å². The van der Waals surface area contributed by atoms with E-state index in [1.165, 1.54) is 4.90 Å². The minimum atomic E-state index is -0.747. The number of rotatable bonds is 5. The Morgan fingerprint density at radius 1 is 1.06 bits per heavy atom. The van der Waals surface area contributed by atoms with Gasteiger partial charge in [0.1, 0.15) is 11.5 Å². The number of nitrogens with one attached hydrogen (secondary N) is 1. The number of methoxy groups -OCH3 is 1. The molecule has 5 rings (SSSR count). The quantitative estimate of drug-likeness (QED) is 0.276. The van der Waals surface area contributed by atoms with Crippen LogP contribution in [0.15, 0.2) is 84.8 Å². The van der Waals surface area contributed by atoms with Gasteiger partial charge in [0.05, 0.1) is 18.7 Å². The molecule has 1 aliphatic rings. The zero-order valence-electron chi connectivity index (χ0n) is 17.9. The monoisotopic (exact) mass is 439 g/mol. The summed E-state index contributed by atoms with van der Waals surface area (Å²) >= 11 is 0. The average molecular weight is 439 g/mol. The molecule has 2 aromatic heterocycles. The predicted molar refractivity (Wildman–Crippen MR) is 123 cm³/mol. The minimum absolute atomic E-state index is 0.0597. The predicted octanol–water partition coefficient (Wildman–Crippen LogP) is 4.19. The molecule has 0 aliphatic carbocycles. The first-order valence-electron chi connectivity index (χ1n) is 10.5. The van der Waals surface area contributed by atoms with Gasteiger partial charge in [0.2, 0.25) is 0 Å². The third kappa shape index (κ3) is 3.53. The van der Waals surface area contributed by atoms with E-state index >= 15 is 0 Å². The Labute approximate surface area is 190 Å². The molecular formula is C26H21N3O4. The number of carbonyl (C=O) groups is 2. The fourth-order valence-corrected chi connectivity index (χ4v) is 4.28. The largest absolute Gasteiger partial charge is 0.507 e. The molecule has 1 aliphatic heterocycles. The van der Waals surface area contributed by atoms with Gasteiger partial charge in [-0.1, -0.05) is 30.3 Å². The molecule has 1 saturated heterocycles. The highest BCUT2D eigenvalue weighted by molar-refractivity contribution is 6.46. The number of fused-ring (bicyclic) bond motifs is 1. The SMILES string of the molecule is COc1ccc(CN2C(=O)C(=O)/C(=C(\O)c3c[nH]c4ccccc34)C2c2ccncc2)cc1. The van der Waals surface area contributed by atoms with Gasteiger partial charge in [0.15, 0.2) is 0 Å². The first-order valence-corrected chi connectivity index (χ1v) is 10.5. The number of nitrogens with zero attached hydrogens (tertiary/aromatic N) is 2. The van der Waals surface area contributed by atoms with Gasteiger partial charge in [0.25, 0.3) is 11.7 Å². The second kappa shape index (κ2) is 8.27. The molecule has 0 spiro atoms. The average Bonchev–Trinajstić information content (AvgIpc) is 3.39. The summed E-state index contributed by atoms with van der Waals surface area (Å²) in [5.41, 5.74) is 2.89. The lowest BCUT2D eigenvalue weighted by Crippen LogP contribution is -2.29. The zero-order chi connectivity index (χ0) is 22.9. The molecule has 1 unspecified atom stereocenters. The number of ether oxygens (including phenoxy) is 1. The van der Waals surface area contributed by atoms with Crippen LogP contribution in [-0.4, -0.2) is 38.8 Å². The summed E-state index contributed by atoms with van der Waals surface area (Å²) in [7, 11) is 1.59. The van der Waals surface area contributed by atoms with Crippen LogP contribution >= 0.6 is 0 Å². The summed E-state index contributed by atoms with van der Waals surface area (Å²) in [6.45, 7) is 0.201. The van der Waals surface area contributed by atoms with Crippen LogP contribution in [0.4, 0.5) is 0 Å². The molecule has 2 aromatic carbocycles. The highest BCUT2D eigenvalue weighted by Crippen LogP contribution is 2.41. The van der Waals surface area contributed by atoms with Crippen molar-refractivity contribution in [2.75, 3.05) is 7.11 Å². The van der Waals surface area contributed by atoms with Gasteiger partial charge in [-0.3, -0.25) is 14.6 Å². The Balaban J connectivity index is 1.64. The number of amides is 1. The number of aliphatic hydroxyl groups excluding tert-OH is 1. The van der Waals surface area contributed by atoms with Crippen molar-refractivity contribution < 1.29 is 19.4 Å². The van der Waals surface area contributed by atoms with Gasteiger partial charge in [-0.15, -0.1) is 0 Å². The molecule has 0 saturated carbocycles. The Kier molecular flexibility index (Phi) is 5.14. The van der Waals surface area contributed by atoms with Crippen LogP contribution in [0.25, 0.3) is 16.7 Å². The lowest BCUT2D eigenvalue weighted by Gasteiger charge is -2.25. The van der Waals surface area contributed by atoms with E-state index < -0.39 is 17.7 Å². The molecule has 0 radical (unpaired) electrons. The maximum atomic E-state index is 13.2. The fraction of sp³-hybridized carbons (Fsp3) is 0.115. The topological polar surface area (TPSA) is 95.5 Å². The Morgan fingerprint density at radius 3 is 2.52 bits per heavy atom. The number of aromatic amines is 1. The molecule has 2 N–H and O–H groups in total. The number of Topliss-reactive ketones (excluding diaryl/α,β-unsaturated/α-hetero) is 1. The van der Waals surface area contributed by atoms with Crippen LogP contribution in [0.3, 0.4) is 0 Å². The summed E-state index contributed by atoms with van der Waals surface area (Å²) in [5.74, 6) is -0.877. The highest BCUT2D eigenvalue weighted by Gasteiger charge is 2.46. The number of hydrogen-bond acceptors (Lipinski definition) is 5. The fourth-order valence-electron chi connectivity index (χ4n) is 4.28. The number of aliphatic hydroxyl groups is 1. The summed E-state index contributed by atoms with van der Waals surface area (Å²) < 4.78 is 5.21. The Morgan fingerprint density at radius 2 is 1.79 bits per heavy atom. The highest BCUT2D eigenvalue weighted by atomic mass is 16.5. The summed E-state index contributed by atoms with van der Waals surface area (Å²) in [6.07, 6.45) is 4.86. The second-order valence-electron chi connectivity index (χ2n) is 7.80. The van der Waals surface area contributed by atoms with Crippen LogP contribution in [0.1, 0.15) is 22.7 Å². The molecule has 7 heteroatoms. The molecule has 1 amide bonds. The number of likely N-dealkylation sites (tertiary alicyclic amines) is 1. The number of benzene rings is 2. The number of ketones is 1. The third-order valence-electron chi connectivity index (χ3n) is 5.92. The summed E-state index contributed by atoms with van der Waals surface area (Å²) in [5, 5.41) is 12.1. The Bertz CT molecular complexity index is 1370. The number of pyridine rings is 1. The standard InChI is InChI=1S/C26H21N3O4/c1-33-18-8-6-16(7-9-18)15-29-23(17-10-12-27-13-11-17)22(25(31)26(29)32)24(30)20-14-28-21-5-3-2-4-19(20)21/h2-14,23,28,30H,15H2,1H3/b24-22-. The van der Waals surface area contributed by atoms with E-state index in [1.54, 1.807) is 50.0 Å². The molecule has 1 fully saturated rings. The normalized spacial score (nSPS) is 17.6. The lowest BCUT2D eigenvalue weighted by molar-refractivity contribution is -0.140. The molecule has 4 aromatic rings. The molecule has 7 nitrogen and oxygen atoms in total. The number of para-hydroxylation sites is 1. The van der Waals surface area contributed by atoms with E-state index in [0.717, 1.165) is 16.5 Å². The molecule has 3 heterocycles. The van der Waals surface area contributed by atoms with Crippen LogP contribution in [0.2, 0.25) is 0 Å². The van der Waals surface area contributed by atoms with Crippen molar-refractivity contribution >= 4 is 28.4 Å². The van der Waals surface area contributed by atoms with Crippen LogP contribution in [-0.2, 0) is 16.1 Å². The second-order valence-corrected chi connectivity index (χ2v) is 7.80. The van der Waals surface area contributed by atoms with Crippen LogP contribution < -0.4 is 4.74 Å². The van der Waals surface area contributed by atoms with Gasteiger partial charge in [-0.05, 0) is 41.5 Å². The van der Waals surface area contributed by atoms with E-state index in [2.05, 4.69) is 9.97 Å². The molecule has 164 valence electrons. The van der Waals surface area contributed by atoms with E-state index in [-0.39, 0.29) is 17.9 Å². The molecule has 33 heavy (non-hydrogen) atoms. The van der Waals surface area contributed by atoms with Gasteiger partial charge in [-0.25, -0.2) is 0 Å². The van der Waals surface area contributed by atoms with E-state index in [0.29, 0.717) is 16.9 Å². The van der Waals surface area contributed by atoms with E-state index in [1.807, 2.05) is 36.4 Å². The maximum Gasteiger partial charge on any atom is 0.295 e. The summed E-state index contributed by atoms with van der Waals surface area (Å²) in [4.78, 5) is 35.0. The van der Waals surface area contributed by atoms with Crippen LogP contribution in [0, 0.1) is 0 Å². The maximum absolute atomic E-state index is 13.2. The number of hydrogen-bond donors (Lipinski definition) is 2. The van der Waals surface area contributed by atoms with E-state index in [9.17, 15) is 14.7 Å². The van der Waals surface area contributed by atoms with Crippen LogP contribution in [0.5, 0.6) is 5.75 Å². The third-order valence-corrected chi connectivity index (χ3v) is 5.92. The first kappa shape index (κ1) is 20.5. The number of carbonyl (C=O) groups excluding carboxylic acids is 2. The first-order chi connectivity index (χ1) is 16.1. The minimum Gasteiger partial charge on any atom is -0.507 e. The van der Waals surface area contributed by atoms with Gasteiger partial charge in [0, 0.05) is 41.6 Å². The summed E-state index contributed by atoms with van der Waals surface area (Å²) in [6, 6.07) is 17.5. The lowest BCUT2D eigenvalue weighted by atomic mass is 9.95. The van der Waals surface area contributed by atoms with Gasteiger partial charge >= 0.3 is 0 Å². The number of H-pyrrole nitrogens is 1. The van der Waals surface area contributed by atoms with Crippen molar-refractivity contribution in [1.82, 2.24) is 14.9 Å². The molecular weight excluding hydrogens is 418 g/mol. The molecule has 0 bridgehead atoms. The van der Waals surface area contributed by atoms with Gasteiger partial charge < -0.3 is 19.7 Å². The number of aromatic nitrogens is 2. The smallest absolute Gasteiger partial charge is 0.295 e. The van der Waals surface area contributed by atoms with Crippen molar-refractivity contribution in [2.45, 2.75) is 12.6 Å². The van der Waals surface area contributed by atoms with Crippen molar-refractivity contribution in [3.05, 3.63) is 102 Å². The van der Waals surface area contributed by atoms with E-state index in [4.69, 9.17) is 4.74 Å². The Hall–Kier alpha value is -4.39. The van der Waals surface area contributed by atoms with Crippen molar-refractivity contribution in [1.29, 1.82) is 0 Å². The molecule has 1 atom stereocenters. The zero-order valence-corrected chi connectivity index (χ0v) is 17.9. The van der Waals surface area contributed by atoms with Crippen molar-refractivity contribution in [3.63, 3.8) is 0 Å². The van der Waals surface area contributed by atoms with Crippen molar-refractivity contribution in [3.8, 4) is 5.75 Å². The van der Waals surface area contributed by atoms with Gasteiger partial charge in [-0.2, -0.15) is 0 Å².